The Kier molecular flexibility index (Phi) is 5.80. The van der Waals surface area contributed by atoms with E-state index in [9.17, 15) is 13.4 Å². The van der Waals surface area contributed by atoms with Crippen LogP contribution in [0.4, 0.5) is 4.39 Å². The largest absolute Gasteiger partial charge is 0.490 e. The molecule has 3 rings (SSSR count). The minimum absolute atomic E-state index is 0.0916. The predicted octanol–water partition coefficient (Wildman–Crippen LogP) is 2.38. The van der Waals surface area contributed by atoms with E-state index in [0.29, 0.717) is 35.8 Å². The monoisotopic (exact) mass is 410 g/mol. The maximum Gasteiger partial charge on any atom is 0.293 e. The summed E-state index contributed by atoms with van der Waals surface area (Å²) in [6, 6.07) is 4.54. The molecule has 28 heavy (non-hydrogen) atoms. The summed E-state index contributed by atoms with van der Waals surface area (Å²) < 4.78 is 40.4. The van der Waals surface area contributed by atoms with Crippen LogP contribution in [0.1, 0.15) is 49.8 Å². The predicted molar refractivity (Wildman–Crippen MR) is 101 cm³/mol. The van der Waals surface area contributed by atoms with Crippen molar-refractivity contribution < 1.29 is 22.7 Å². The van der Waals surface area contributed by atoms with Crippen molar-refractivity contribution in [3.63, 3.8) is 0 Å². The first-order valence-electron chi connectivity index (χ1n) is 8.94. The number of likely N-dealkylation sites (tertiary alicyclic amines) is 1. The number of carbonyl (C=O) groups excluding carboxylic acids is 1. The van der Waals surface area contributed by atoms with Crippen LogP contribution < -0.4 is 4.74 Å². The third-order valence-electron chi connectivity index (χ3n) is 4.60. The number of hydrogen-bond donors (Lipinski definition) is 1. The molecule has 1 unspecified atom stereocenters. The highest BCUT2D eigenvalue weighted by molar-refractivity contribution is 7.77. The highest BCUT2D eigenvalue weighted by Gasteiger charge is 2.28. The van der Waals surface area contributed by atoms with Gasteiger partial charge in [0.25, 0.3) is 17.2 Å². The lowest BCUT2D eigenvalue weighted by atomic mass is 9.86. The zero-order chi connectivity index (χ0) is 20.5. The number of benzene rings is 1. The van der Waals surface area contributed by atoms with Gasteiger partial charge in [-0.25, -0.2) is 13.6 Å². The Hall–Kier alpha value is -2.33. The minimum Gasteiger partial charge on any atom is -0.490 e. The summed E-state index contributed by atoms with van der Waals surface area (Å²) in [5.41, 5.74) is 0.545. The molecule has 0 aliphatic carbocycles. The van der Waals surface area contributed by atoms with Crippen molar-refractivity contribution in [2.75, 3.05) is 13.1 Å². The van der Waals surface area contributed by atoms with E-state index in [-0.39, 0.29) is 29.1 Å². The summed E-state index contributed by atoms with van der Waals surface area (Å²) in [6.07, 6.45) is 2.17. The SMILES string of the molecule is CC(C)(C)c1cc(F)ccc1OC1CCN(C(=O)c2ncn(S(=O)O)n2)CC1. The maximum atomic E-state index is 13.7. The molecule has 1 aliphatic rings. The van der Waals surface area contributed by atoms with Crippen LogP contribution >= 0.6 is 0 Å². The van der Waals surface area contributed by atoms with Crippen LogP contribution in [0.25, 0.3) is 0 Å². The molecule has 1 saturated heterocycles. The number of nitrogens with zero attached hydrogens (tertiary/aromatic N) is 4. The van der Waals surface area contributed by atoms with Crippen LogP contribution in [0.3, 0.4) is 0 Å². The Morgan fingerprint density at radius 2 is 2.00 bits per heavy atom. The molecule has 0 radical (unpaired) electrons. The molecule has 1 atom stereocenters. The van der Waals surface area contributed by atoms with Crippen LogP contribution in [-0.2, 0) is 16.7 Å². The highest BCUT2D eigenvalue weighted by atomic mass is 32.2. The van der Waals surface area contributed by atoms with Crippen molar-refractivity contribution in [1.82, 2.24) is 19.1 Å². The van der Waals surface area contributed by atoms with Crippen molar-refractivity contribution in [1.29, 1.82) is 0 Å². The van der Waals surface area contributed by atoms with Gasteiger partial charge in [0, 0.05) is 31.5 Å². The summed E-state index contributed by atoms with van der Waals surface area (Å²) in [5.74, 6) is -0.145. The Balaban J connectivity index is 1.63. The Morgan fingerprint density at radius 1 is 1.32 bits per heavy atom. The number of halogens is 1. The molecule has 1 N–H and O–H groups in total. The molecule has 1 aliphatic heterocycles. The van der Waals surface area contributed by atoms with E-state index in [1.807, 2.05) is 20.8 Å². The molecule has 1 fully saturated rings. The number of ether oxygens (including phenoxy) is 1. The second-order valence-electron chi connectivity index (χ2n) is 7.70. The average molecular weight is 410 g/mol. The van der Waals surface area contributed by atoms with Crippen LogP contribution in [0.15, 0.2) is 24.5 Å². The fourth-order valence-electron chi connectivity index (χ4n) is 3.11. The average Bonchev–Trinajstić information content (AvgIpc) is 3.13. The molecule has 152 valence electrons. The number of piperidine rings is 1. The number of rotatable bonds is 4. The van der Waals surface area contributed by atoms with Gasteiger partial charge in [-0.15, -0.1) is 9.19 Å². The lowest BCUT2D eigenvalue weighted by Gasteiger charge is -2.33. The van der Waals surface area contributed by atoms with E-state index >= 15 is 0 Å². The summed E-state index contributed by atoms with van der Waals surface area (Å²) in [7, 11) is 0. The van der Waals surface area contributed by atoms with Gasteiger partial charge in [0.2, 0.25) is 5.82 Å². The van der Waals surface area contributed by atoms with Crippen LogP contribution in [-0.4, -0.2) is 52.9 Å². The van der Waals surface area contributed by atoms with E-state index in [1.54, 1.807) is 11.0 Å². The van der Waals surface area contributed by atoms with E-state index in [0.717, 1.165) is 11.9 Å². The van der Waals surface area contributed by atoms with Gasteiger partial charge < -0.3 is 9.64 Å². The molecule has 0 saturated carbocycles. The normalized spacial score (nSPS) is 16.8. The molecule has 1 aromatic heterocycles. The Bertz CT molecular complexity index is 888. The van der Waals surface area contributed by atoms with Gasteiger partial charge in [0.05, 0.1) is 0 Å². The molecule has 1 aromatic carbocycles. The number of carbonyl (C=O) groups is 1. The summed E-state index contributed by atoms with van der Waals surface area (Å²) >= 11 is -2.34. The van der Waals surface area contributed by atoms with Crippen LogP contribution in [0.2, 0.25) is 0 Å². The second kappa shape index (κ2) is 7.96. The summed E-state index contributed by atoms with van der Waals surface area (Å²) in [4.78, 5) is 17.8. The lowest BCUT2D eigenvalue weighted by molar-refractivity contribution is 0.0581. The first-order valence-corrected chi connectivity index (χ1v) is 10.0. The highest BCUT2D eigenvalue weighted by Crippen LogP contribution is 2.33. The van der Waals surface area contributed by atoms with Crippen LogP contribution in [0, 0.1) is 5.82 Å². The van der Waals surface area contributed by atoms with E-state index in [1.165, 1.54) is 12.1 Å². The summed E-state index contributed by atoms with van der Waals surface area (Å²) in [6.45, 7) is 6.91. The minimum atomic E-state index is -2.34. The third-order valence-corrected chi connectivity index (χ3v) is 5.09. The van der Waals surface area contributed by atoms with Gasteiger partial charge in [-0.05, 0) is 23.6 Å². The van der Waals surface area contributed by atoms with E-state index in [4.69, 9.17) is 9.29 Å². The number of aromatic nitrogens is 3. The fourth-order valence-corrected chi connectivity index (χ4v) is 3.39. The van der Waals surface area contributed by atoms with Gasteiger partial charge in [0.1, 0.15) is 24.0 Å². The van der Waals surface area contributed by atoms with Gasteiger partial charge >= 0.3 is 0 Å². The molecule has 0 bridgehead atoms. The topological polar surface area (TPSA) is 97.6 Å². The van der Waals surface area contributed by atoms with Crippen molar-refractivity contribution in [2.24, 2.45) is 0 Å². The van der Waals surface area contributed by atoms with E-state index in [2.05, 4.69) is 10.1 Å². The molecule has 1 amide bonds. The zero-order valence-electron chi connectivity index (χ0n) is 16.0. The molecule has 10 heteroatoms. The van der Waals surface area contributed by atoms with Gasteiger partial charge in [-0.1, -0.05) is 20.8 Å². The molecule has 2 heterocycles. The standard InChI is InChI=1S/C18H23FN4O4S/c1-18(2,3)14-10-12(19)4-5-15(14)27-13-6-8-22(9-7-13)17(24)16-20-11-23(21-16)28(25)26/h4-5,10-11,13H,6-9H2,1-3H3,(H,25,26). The zero-order valence-corrected chi connectivity index (χ0v) is 16.8. The van der Waals surface area contributed by atoms with E-state index < -0.39 is 11.3 Å². The smallest absolute Gasteiger partial charge is 0.293 e. The number of hydrogen-bond acceptors (Lipinski definition) is 5. The molecule has 0 spiro atoms. The number of amides is 1. The van der Waals surface area contributed by atoms with Gasteiger partial charge in [0.15, 0.2) is 0 Å². The quantitative estimate of drug-likeness (QED) is 0.778. The van der Waals surface area contributed by atoms with Crippen molar-refractivity contribution >= 4 is 17.2 Å². The van der Waals surface area contributed by atoms with Gasteiger partial charge in [-0.2, -0.15) is 0 Å². The Labute approximate surface area is 165 Å². The fraction of sp³-hybridized carbons (Fsp3) is 0.500. The van der Waals surface area contributed by atoms with Crippen LogP contribution in [0.5, 0.6) is 5.75 Å². The Morgan fingerprint density at radius 3 is 2.57 bits per heavy atom. The summed E-state index contributed by atoms with van der Waals surface area (Å²) in [5, 5.41) is 3.72. The second-order valence-corrected chi connectivity index (χ2v) is 8.54. The molecular weight excluding hydrogens is 387 g/mol. The maximum absolute atomic E-state index is 13.7. The lowest BCUT2D eigenvalue weighted by Crippen LogP contribution is -2.42. The van der Waals surface area contributed by atoms with Gasteiger partial charge in [-0.3, -0.25) is 9.35 Å². The first-order chi connectivity index (χ1) is 13.1. The first kappa shape index (κ1) is 20.4. The molecular formula is C18H23FN4O4S. The third kappa shape index (κ3) is 4.56. The van der Waals surface area contributed by atoms with Crippen molar-refractivity contribution in [3.8, 4) is 5.75 Å². The molecule has 2 aromatic rings. The molecule has 8 nitrogen and oxygen atoms in total. The van der Waals surface area contributed by atoms with Crippen molar-refractivity contribution in [2.45, 2.75) is 45.1 Å². The van der Waals surface area contributed by atoms with Crippen molar-refractivity contribution in [3.05, 3.63) is 41.7 Å².